The van der Waals surface area contributed by atoms with Crippen LogP contribution in [-0.4, -0.2) is 30.8 Å². The Labute approximate surface area is 108 Å². The van der Waals surface area contributed by atoms with Gasteiger partial charge in [-0.05, 0) is 32.9 Å². The van der Waals surface area contributed by atoms with E-state index in [4.69, 9.17) is 0 Å². The fourth-order valence-corrected chi connectivity index (χ4v) is 2.36. The van der Waals surface area contributed by atoms with E-state index >= 15 is 0 Å². The Kier molecular flexibility index (Phi) is 3.59. The summed E-state index contributed by atoms with van der Waals surface area (Å²) in [5.41, 5.74) is 0.0857. The summed E-state index contributed by atoms with van der Waals surface area (Å²) in [5.74, 6) is -0.341. The lowest BCUT2D eigenvalue weighted by atomic mass is 9.97. The van der Waals surface area contributed by atoms with Crippen molar-refractivity contribution < 1.29 is 9.50 Å². The Balaban J connectivity index is 2.23. The highest BCUT2D eigenvalue weighted by molar-refractivity contribution is 5.49. The first-order valence-corrected chi connectivity index (χ1v) is 6.38. The molecule has 0 amide bonds. The second-order valence-corrected chi connectivity index (χ2v) is 5.52. The maximum Gasteiger partial charge on any atom is 0.131 e. The van der Waals surface area contributed by atoms with E-state index in [1.165, 1.54) is 6.07 Å². The van der Waals surface area contributed by atoms with Crippen LogP contribution in [0.2, 0.25) is 0 Å². The van der Waals surface area contributed by atoms with Crippen molar-refractivity contribution in [3.8, 4) is 0 Å². The first-order valence-electron chi connectivity index (χ1n) is 6.38. The Bertz CT molecular complexity index is 428. The minimum Gasteiger partial charge on any atom is -0.386 e. The standard InChI is InChI=1S/C14H21FN2O/c1-10-9-17(7-6-16-10)11-4-5-12(13(15)8-11)14(2,3)18/h4-5,8,10,16,18H,6-7,9H2,1-3H3/t10-/m1/s1. The number of nitrogens with one attached hydrogen (secondary N) is 1. The molecule has 0 radical (unpaired) electrons. The van der Waals surface area contributed by atoms with Crippen molar-refractivity contribution in [1.29, 1.82) is 0 Å². The largest absolute Gasteiger partial charge is 0.386 e. The molecule has 0 saturated carbocycles. The molecule has 1 aliphatic rings. The molecule has 1 aliphatic heterocycles. The van der Waals surface area contributed by atoms with Crippen LogP contribution in [0.5, 0.6) is 0 Å². The van der Waals surface area contributed by atoms with E-state index in [0.29, 0.717) is 11.6 Å². The number of piperazine rings is 1. The van der Waals surface area contributed by atoms with Crippen molar-refractivity contribution in [2.75, 3.05) is 24.5 Å². The molecule has 4 heteroatoms. The van der Waals surface area contributed by atoms with Crippen LogP contribution in [0.3, 0.4) is 0 Å². The summed E-state index contributed by atoms with van der Waals surface area (Å²) in [6, 6.07) is 5.49. The highest BCUT2D eigenvalue weighted by atomic mass is 19.1. The molecule has 1 aromatic rings. The van der Waals surface area contributed by atoms with Gasteiger partial charge in [0.05, 0.1) is 5.60 Å². The fourth-order valence-electron chi connectivity index (χ4n) is 2.36. The lowest BCUT2D eigenvalue weighted by Gasteiger charge is -2.34. The van der Waals surface area contributed by atoms with E-state index < -0.39 is 5.60 Å². The summed E-state index contributed by atoms with van der Waals surface area (Å²) in [6.45, 7) is 7.98. The first kappa shape index (κ1) is 13.3. The molecule has 18 heavy (non-hydrogen) atoms. The molecule has 0 unspecified atom stereocenters. The van der Waals surface area contributed by atoms with E-state index in [1.54, 1.807) is 19.9 Å². The van der Waals surface area contributed by atoms with Crippen molar-refractivity contribution in [3.63, 3.8) is 0 Å². The third kappa shape index (κ3) is 2.82. The lowest BCUT2D eigenvalue weighted by Crippen LogP contribution is -2.49. The van der Waals surface area contributed by atoms with Crippen molar-refractivity contribution >= 4 is 5.69 Å². The van der Waals surface area contributed by atoms with Crippen LogP contribution in [0.1, 0.15) is 26.3 Å². The predicted octanol–water partition coefficient (Wildman–Crippen LogP) is 1.85. The van der Waals surface area contributed by atoms with Crippen molar-refractivity contribution in [3.05, 3.63) is 29.6 Å². The molecule has 1 aromatic carbocycles. The summed E-state index contributed by atoms with van der Waals surface area (Å²) in [7, 11) is 0. The van der Waals surface area contributed by atoms with Crippen LogP contribution in [0.25, 0.3) is 0 Å². The molecule has 1 fully saturated rings. The summed E-state index contributed by atoms with van der Waals surface area (Å²) in [6.07, 6.45) is 0. The molecule has 2 N–H and O–H groups in total. The van der Waals surface area contributed by atoms with Gasteiger partial charge in [0, 0.05) is 36.9 Å². The minimum absolute atomic E-state index is 0.341. The average molecular weight is 252 g/mol. The van der Waals surface area contributed by atoms with Gasteiger partial charge >= 0.3 is 0 Å². The van der Waals surface area contributed by atoms with Crippen LogP contribution >= 0.6 is 0 Å². The van der Waals surface area contributed by atoms with Gasteiger partial charge in [-0.15, -0.1) is 0 Å². The second-order valence-electron chi connectivity index (χ2n) is 5.52. The van der Waals surface area contributed by atoms with E-state index in [1.807, 2.05) is 6.07 Å². The molecule has 2 rings (SSSR count). The summed E-state index contributed by atoms with van der Waals surface area (Å²) in [5, 5.41) is 13.2. The van der Waals surface area contributed by atoms with Gasteiger partial charge in [0.25, 0.3) is 0 Å². The van der Waals surface area contributed by atoms with E-state index in [2.05, 4.69) is 17.1 Å². The molecule has 0 aromatic heterocycles. The van der Waals surface area contributed by atoms with Gasteiger partial charge < -0.3 is 15.3 Å². The average Bonchev–Trinajstić information content (AvgIpc) is 2.27. The monoisotopic (exact) mass is 252 g/mol. The highest BCUT2D eigenvalue weighted by Gasteiger charge is 2.22. The third-order valence-corrected chi connectivity index (χ3v) is 3.35. The number of halogens is 1. The van der Waals surface area contributed by atoms with Crippen LogP contribution < -0.4 is 10.2 Å². The van der Waals surface area contributed by atoms with Gasteiger partial charge in [-0.3, -0.25) is 0 Å². The van der Waals surface area contributed by atoms with Crippen LogP contribution in [0.4, 0.5) is 10.1 Å². The normalized spacial score (nSPS) is 21.2. The van der Waals surface area contributed by atoms with E-state index in [-0.39, 0.29) is 5.82 Å². The quantitative estimate of drug-likeness (QED) is 0.843. The molecule has 0 aliphatic carbocycles. The summed E-state index contributed by atoms with van der Waals surface area (Å²) >= 11 is 0. The summed E-state index contributed by atoms with van der Waals surface area (Å²) < 4.78 is 14.0. The van der Waals surface area contributed by atoms with Crippen LogP contribution in [0.15, 0.2) is 18.2 Å². The van der Waals surface area contributed by atoms with Gasteiger partial charge in [0.2, 0.25) is 0 Å². The minimum atomic E-state index is -1.14. The zero-order valence-electron chi connectivity index (χ0n) is 11.2. The molecule has 0 bridgehead atoms. The SMILES string of the molecule is C[C@@H]1CN(c2ccc(C(C)(C)O)c(F)c2)CCN1. The molecular formula is C14H21FN2O. The molecule has 3 nitrogen and oxygen atoms in total. The lowest BCUT2D eigenvalue weighted by molar-refractivity contribution is 0.0746. The van der Waals surface area contributed by atoms with Gasteiger partial charge in [-0.25, -0.2) is 4.39 Å². The van der Waals surface area contributed by atoms with Crippen LogP contribution in [0, 0.1) is 5.82 Å². The summed E-state index contributed by atoms with van der Waals surface area (Å²) in [4.78, 5) is 2.17. The fraction of sp³-hybridized carbons (Fsp3) is 0.571. The number of anilines is 1. The second kappa shape index (κ2) is 4.86. The smallest absolute Gasteiger partial charge is 0.131 e. The predicted molar refractivity (Wildman–Crippen MR) is 71.3 cm³/mol. The van der Waals surface area contributed by atoms with Gasteiger partial charge in [-0.1, -0.05) is 6.07 Å². The highest BCUT2D eigenvalue weighted by Crippen LogP contribution is 2.27. The zero-order chi connectivity index (χ0) is 13.3. The first-order chi connectivity index (χ1) is 8.38. The number of nitrogens with zero attached hydrogens (tertiary/aromatic N) is 1. The zero-order valence-corrected chi connectivity index (χ0v) is 11.2. The molecule has 0 spiro atoms. The Morgan fingerprint density at radius 1 is 1.44 bits per heavy atom. The Hall–Kier alpha value is -1.13. The number of hydrogen-bond acceptors (Lipinski definition) is 3. The van der Waals surface area contributed by atoms with E-state index in [9.17, 15) is 9.50 Å². The van der Waals surface area contributed by atoms with Crippen molar-refractivity contribution in [2.45, 2.75) is 32.4 Å². The Morgan fingerprint density at radius 2 is 2.17 bits per heavy atom. The molecule has 1 heterocycles. The number of aliphatic hydroxyl groups is 1. The number of hydrogen-bond donors (Lipinski definition) is 2. The molecular weight excluding hydrogens is 231 g/mol. The topological polar surface area (TPSA) is 35.5 Å². The van der Waals surface area contributed by atoms with Crippen molar-refractivity contribution in [2.24, 2.45) is 0 Å². The van der Waals surface area contributed by atoms with E-state index in [0.717, 1.165) is 25.3 Å². The maximum atomic E-state index is 14.0. The molecule has 1 atom stereocenters. The Morgan fingerprint density at radius 3 is 2.72 bits per heavy atom. The number of benzene rings is 1. The number of rotatable bonds is 2. The van der Waals surface area contributed by atoms with Crippen molar-refractivity contribution in [1.82, 2.24) is 5.32 Å². The molecule has 1 saturated heterocycles. The van der Waals surface area contributed by atoms with Crippen LogP contribution in [-0.2, 0) is 5.60 Å². The van der Waals surface area contributed by atoms with Gasteiger partial charge in [-0.2, -0.15) is 0 Å². The maximum absolute atomic E-state index is 14.0. The van der Waals surface area contributed by atoms with Gasteiger partial charge in [0.15, 0.2) is 0 Å². The molecule has 100 valence electrons. The van der Waals surface area contributed by atoms with Gasteiger partial charge in [0.1, 0.15) is 5.82 Å². The third-order valence-electron chi connectivity index (χ3n) is 3.35.